The normalized spacial score (nSPS) is 18.0. The van der Waals surface area contributed by atoms with Gasteiger partial charge in [0, 0.05) is 30.6 Å². The van der Waals surface area contributed by atoms with Gasteiger partial charge in [0.05, 0.1) is 11.6 Å². The molecule has 2 aromatic rings. The molecular formula is C17H21ClN4O. The van der Waals surface area contributed by atoms with E-state index in [-0.39, 0.29) is 6.10 Å². The Labute approximate surface area is 141 Å². The lowest BCUT2D eigenvalue weighted by Gasteiger charge is -2.33. The molecule has 5 nitrogen and oxygen atoms in total. The van der Waals surface area contributed by atoms with Gasteiger partial charge in [0.1, 0.15) is 17.7 Å². The molecule has 0 bridgehead atoms. The van der Waals surface area contributed by atoms with Crippen LogP contribution in [0, 0.1) is 6.92 Å². The Kier molecular flexibility index (Phi) is 4.96. The van der Waals surface area contributed by atoms with E-state index in [1.54, 1.807) is 12.3 Å². The third-order valence-electron chi connectivity index (χ3n) is 3.93. The van der Waals surface area contributed by atoms with Gasteiger partial charge in [-0.1, -0.05) is 18.5 Å². The second-order valence-corrected chi connectivity index (χ2v) is 6.20. The maximum atomic E-state index is 5.99. The first-order valence-electron chi connectivity index (χ1n) is 8.01. The summed E-state index contributed by atoms with van der Waals surface area (Å²) in [4.78, 5) is 15.5. The molecule has 1 unspecified atom stereocenters. The summed E-state index contributed by atoms with van der Waals surface area (Å²) in [6, 6.07) is 5.69. The minimum atomic E-state index is 0.109. The fourth-order valence-corrected chi connectivity index (χ4v) is 2.91. The Bertz CT molecular complexity index is 662. The average Bonchev–Trinajstić information content (AvgIpc) is 2.56. The van der Waals surface area contributed by atoms with E-state index in [9.17, 15) is 0 Å². The Balaban J connectivity index is 1.70. The standard InChI is InChI=1S/C17H21ClN4O/c1-3-14-9-16(21-12(2)20-14)22-8-4-5-15(11-22)23-17-7-6-13(18)10-19-17/h6-7,9-10,15H,3-5,8,11H2,1-2H3. The van der Waals surface area contributed by atoms with E-state index in [1.807, 2.05) is 13.0 Å². The van der Waals surface area contributed by atoms with E-state index in [0.717, 1.165) is 49.7 Å². The minimum Gasteiger partial charge on any atom is -0.472 e. The number of nitrogens with zero attached hydrogens (tertiary/aromatic N) is 4. The largest absolute Gasteiger partial charge is 0.472 e. The molecule has 0 radical (unpaired) electrons. The third kappa shape index (κ3) is 4.10. The molecule has 1 fully saturated rings. The van der Waals surface area contributed by atoms with E-state index in [1.165, 1.54) is 0 Å². The lowest BCUT2D eigenvalue weighted by atomic mass is 10.1. The van der Waals surface area contributed by atoms with Gasteiger partial charge in [-0.3, -0.25) is 0 Å². The maximum Gasteiger partial charge on any atom is 0.213 e. The number of halogens is 1. The van der Waals surface area contributed by atoms with Crippen molar-refractivity contribution in [2.24, 2.45) is 0 Å². The Morgan fingerprint density at radius 2 is 2.22 bits per heavy atom. The zero-order valence-electron chi connectivity index (χ0n) is 13.5. The SMILES string of the molecule is CCc1cc(N2CCCC(Oc3ccc(Cl)cn3)C2)nc(C)n1. The Morgan fingerprint density at radius 1 is 1.35 bits per heavy atom. The van der Waals surface area contributed by atoms with Crippen molar-refractivity contribution in [3.05, 3.63) is 40.9 Å². The number of ether oxygens (including phenoxy) is 1. The molecule has 0 saturated carbocycles. The second kappa shape index (κ2) is 7.13. The molecule has 23 heavy (non-hydrogen) atoms. The maximum absolute atomic E-state index is 5.99. The van der Waals surface area contributed by atoms with Gasteiger partial charge < -0.3 is 9.64 Å². The summed E-state index contributed by atoms with van der Waals surface area (Å²) in [6.07, 6.45) is 4.73. The van der Waals surface area contributed by atoms with Crippen LogP contribution < -0.4 is 9.64 Å². The molecule has 3 heterocycles. The van der Waals surface area contributed by atoms with Crippen LogP contribution in [0.3, 0.4) is 0 Å². The molecule has 0 aromatic carbocycles. The number of aromatic nitrogens is 3. The molecule has 122 valence electrons. The fraction of sp³-hybridized carbons (Fsp3) is 0.471. The van der Waals surface area contributed by atoms with Crippen LogP contribution in [-0.4, -0.2) is 34.1 Å². The molecule has 0 aliphatic carbocycles. The first-order chi connectivity index (χ1) is 11.1. The predicted octanol–water partition coefficient (Wildman–Crippen LogP) is 3.44. The van der Waals surface area contributed by atoms with Crippen LogP contribution in [0.5, 0.6) is 5.88 Å². The highest BCUT2D eigenvalue weighted by Crippen LogP contribution is 2.22. The highest BCUT2D eigenvalue weighted by Gasteiger charge is 2.23. The summed E-state index contributed by atoms with van der Waals surface area (Å²) in [5, 5.41) is 0.617. The van der Waals surface area contributed by atoms with E-state index in [2.05, 4.69) is 32.8 Å². The fourth-order valence-electron chi connectivity index (χ4n) is 2.80. The van der Waals surface area contributed by atoms with Crippen LogP contribution in [-0.2, 0) is 6.42 Å². The number of pyridine rings is 1. The van der Waals surface area contributed by atoms with Crippen LogP contribution >= 0.6 is 11.6 Å². The van der Waals surface area contributed by atoms with E-state index in [0.29, 0.717) is 10.9 Å². The van der Waals surface area contributed by atoms with E-state index < -0.39 is 0 Å². The first kappa shape index (κ1) is 16.0. The zero-order chi connectivity index (χ0) is 16.2. The number of anilines is 1. The monoisotopic (exact) mass is 332 g/mol. The van der Waals surface area contributed by atoms with Crippen molar-refractivity contribution in [3.63, 3.8) is 0 Å². The number of hydrogen-bond acceptors (Lipinski definition) is 5. The third-order valence-corrected chi connectivity index (χ3v) is 4.15. The highest BCUT2D eigenvalue weighted by molar-refractivity contribution is 6.30. The minimum absolute atomic E-state index is 0.109. The molecule has 1 aliphatic rings. The Hall–Kier alpha value is -1.88. The lowest BCUT2D eigenvalue weighted by Crippen LogP contribution is -2.41. The molecule has 0 spiro atoms. The van der Waals surface area contributed by atoms with Crippen molar-refractivity contribution in [1.29, 1.82) is 0 Å². The first-order valence-corrected chi connectivity index (χ1v) is 8.39. The number of rotatable bonds is 4. The average molecular weight is 333 g/mol. The van der Waals surface area contributed by atoms with E-state index >= 15 is 0 Å². The number of piperidine rings is 1. The van der Waals surface area contributed by atoms with Gasteiger partial charge >= 0.3 is 0 Å². The van der Waals surface area contributed by atoms with Crippen molar-refractivity contribution in [2.45, 2.75) is 39.2 Å². The summed E-state index contributed by atoms with van der Waals surface area (Å²) in [6.45, 7) is 5.86. The summed E-state index contributed by atoms with van der Waals surface area (Å²) >= 11 is 5.86. The van der Waals surface area contributed by atoms with Gasteiger partial charge in [0.25, 0.3) is 0 Å². The van der Waals surface area contributed by atoms with Crippen molar-refractivity contribution < 1.29 is 4.74 Å². The van der Waals surface area contributed by atoms with Gasteiger partial charge in [0.2, 0.25) is 5.88 Å². The van der Waals surface area contributed by atoms with Crippen molar-refractivity contribution >= 4 is 17.4 Å². The summed E-state index contributed by atoms with van der Waals surface area (Å²) in [7, 11) is 0. The van der Waals surface area contributed by atoms with Crippen LogP contribution in [0.4, 0.5) is 5.82 Å². The lowest BCUT2D eigenvalue weighted by molar-refractivity contribution is 0.172. The summed E-state index contributed by atoms with van der Waals surface area (Å²) in [5.74, 6) is 2.43. The van der Waals surface area contributed by atoms with Gasteiger partial charge in [-0.15, -0.1) is 0 Å². The molecule has 2 aromatic heterocycles. The van der Waals surface area contributed by atoms with Gasteiger partial charge in [-0.05, 0) is 32.3 Å². The van der Waals surface area contributed by atoms with Crippen molar-refractivity contribution in [3.8, 4) is 5.88 Å². The quantitative estimate of drug-likeness (QED) is 0.858. The summed E-state index contributed by atoms with van der Waals surface area (Å²) < 4.78 is 5.99. The van der Waals surface area contributed by atoms with Gasteiger partial charge in [-0.25, -0.2) is 15.0 Å². The molecule has 1 aliphatic heterocycles. The number of aryl methyl sites for hydroxylation is 2. The molecule has 3 rings (SSSR count). The van der Waals surface area contributed by atoms with Crippen molar-refractivity contribution in [2.75, 3.05) is 18.0 Å². The molecule has 1 saturated heterocycles. The number of hydrogen-bond donors (Lipinski definition) is 0. The Morgan fingerprint density at radius 3 is 2.96 bits per heavy atom. The van der Waals surface area contributed by atoms with E-state index in [4.69, 9.17) is 16.3 Å². The predicted molar refractivity (Wildman–Crippen MR) is 91.3 cm³/mol. The van der Waals surface area contributed by atoms with Crippen LogP contribution in [0.1, 0.15) is 31.3 Å². The molecular weight excluding hydrogens is 312 g/mol. The topological polar surface area (TPSA) is 51.1 Å². The molecule has 0 N–H and O–H groups in total. The summed E-state index contributed by atoms with van der Waals surface area (Å²) in [5.41, 5.74) is 1.08. The molecule has 1 atom stereocenters. The molecule has 0 amide bonds. The smallest absolute Gasteiger partial charge is 0.213 e. The zero-order valence-corrected chi connectivity index (χ0v) is 14.3. The second-order valence-electron chi connectivity index (χ2n) is 5.76. The van der Waals surface area contributed by atoms with Gasteiger partial charge in [-0.2, -0.15) is 0 Å². The van der Waals surface area contributed by atoms with Gasteiger partial charge in [0.15, 0.2) is 0 Å². The van der Waals surface area contributed by atoms with Crippen LogP contribution in [0.25, 0.3) is 0 Å². The van der Waals surface area contributed by atoms with Crippen LogP contribution in [0.15, 0.2) is 24.4 Å². The molecule has 6 heteroatoms. The van der Waals surface area contributed by atoms with Crippen LogP contribution in [0.2, 0.25) is 5.02 Å². The van der Waals surface area contributed by atoms with Crippen molar-refractivity contribution in [1.82, 2.24) is 15.0 Å². The highest BCUT2D eigenvalue weighted by atomic mass is 35.5.